The summed E-state index contributed by atoms with van der Waals surface area (Å²) in [6.07, 6.45) is 2.91. The van der Waals surface area contributed by atoms with Gasteiger partial charge in [-0.3, -0.25) is 4.79 Å². The second kappa shape index (κ2) is 5.17. The van der Waals surface area contributed by atoms with Gasteiger partial charge in [-0.05, 0) is 37.8 Å². The number of methoxy groups -OCH3 is 1. The van der Waals surface area contributed by atoms with Crippen molar-refractivity contribution in [3.63, 3.8) is 0 Å². The first-order valence-electron chi connectivity index (χ1n) is 6.98. The monoisotopic (exact) mass is 254 g/mol. The van der Waals surface area contributed by atoms with Crippen LogP contribution >= 0.6 is 0 Å². The maximum absolute atomic E-state index is 12.8. The predicted octanol–water partition coefficient (Wildman–Crippen LogP) is 1.26. The summed E-state index contributed by atoms with van der Waals surface area (Å²) >= 11 is 0. The lowest BCUT2D eigenvalue weighted by molar-refractivity contribution is -0.146. The van der Waals surface area contributed by atoms with Crippen molar-refractivity contribution in [1.29, 1.82) is 0 Å². The number of rotatable bonds is 3. The quantitative estimate of drug-likeness (QED) is 0.824. The van der Waals surface area contributed by atoms with Crippen LogP contribution in [0.4, 0.5) is 0 Å². The van der Waals surface area contributed by atoms with Gasteiger partial charge in [0, 0.05) is 20.2 Å². The molecule has 2 rings (SSSR count). The van der Waals surface area contributed by atoms with Crippen molar-refractivity contribution < 1.29 is 9.53 Å². The average molecular weight is 254 g/mol. The fraction of sp³-hybridized carbons (Fsp3) is 0.929. The highest BCUT2D eigenvalue weighted by Gasteiger charge is 2.45. The Morgan fingerprint density at radius 2 is 1.94 bits per heavy atom. The van der Waals surface area contributed by atoms with E-state index in [1.165, 1.54) is 0 Å². The van der Waals surface area contributed by atoms with Gasteiger partial charge in [-0.15, -0.1) is 0 Å². The van der Waals surface area contributed by atoms with E-state index in [2.05, 4.69) is 24.1 Å². The predicted molar refractivity (Wildman–Crippen MR) is 71.4 cm³/mol. The average Bonchev–Trinajstić information content (AvgIpc) is 2.70. The van der Waals surface area contributed by atoms with Gasteiger partial charge in [-0.25, -0.2) is 0 Å². The molecule has 1 amide bonds. The van der Waals surface area contributed by atoms with E-state index in [0.717, 1.165) is 45.4 Å². The summed E-state index contributed by atoms with van der Waals surface area (Å²) in [5.74, 6) is 0.316. The Morgan fingerprint density at radius 1 is 1.28 bits per heavy atom. The Labute approximate surface area is 110 Å². The molecule has 2 heterocycles. The van der Waals surface area contributed by atoms with E-state index < -0.39 is 0 Å². The summed E-state index contributed by atoms with van der Waals surface area (Å²) in [5.41, 5.74) is -0.00272. The standard InChI is InChI=1S/C14H26N2O2/c1-13(2)6-9-16(10-13)12(17)14(11-18-3)4-7-15-8-5-14/h15H,4-11H2,1-3H3. The van der Waals surface area contributed by atoms with Gasteiger partial charge in [0.15, 0.2) is 0 Å². The molecular weight excluding hydrogens is 228 g/mol. The van der Waals surface area contributed by atoms with Crippen LogP contribution in [-0.2, 0) is 9.53 Å². The zero-order valence-corrected chi connectivity index (χ0v) is 11.9. The first kappa shape index (κ1) is 13.8. The topological polar surface area (TPSA) is 41.6 Å². The minimum Gasteiger partial charge on any atom is -0.384 e. The second-order valence-corrected chi connectivity index (χ2v) is 6.60. The van der Waals surface area contributed by atoms with Gasteiger partial charge in [-0.2, -0.15) is 0 Å². The maximum atomic E-state index is 12.8. The van der Waals surface area contributed by atoms with Gasteiger partial charge in [0.1, 0.15) is 0 Å². The number of amides is 1. The Balaban J connectivity index is 2.09. The Bertz CT molecular complexity index is 303. The van der Waals surface area contributed by atoms with Crippen LogP contribution in [0.1, 0.15) is 33.1 Å². The van der Waals surface area contributed by atoms with E-state index in [-0.39, 0.29) is 10.8 Å². The van der Waals surface area contributed by atoms with Crippen molar-refractivity contribution in [1.82, 2.24) is 10.2 Å². The number of carbonyl (C=O) groups is 1. The molecule has 2 aliphatic rings. The first-order valence-corrected chi connectivity index (χ1v) is 6.98. The van der Waals surface area contributed by atoms with Crippen molar-refractivity contribution in [2.45, 2.75) is 33.1 Å². The van der Waals surface area contributed by atoms with Crippen LogP contribution in [0, 0.1) is 10.8 Å². The molecule has 0 spiro atoms. The number of carbonyl (C=O) groups excluding carboxylic acids is 1. The van der Waals surface area contributed by atoms with Crippen molar-refractivity contribution >= 4 is 5.91 Å². The van der Waals surface area contributed by atoms with Crippen molar-refractivity contribution in [2.24, 2.45) is 10.8 Å². The highest BCUT2D eigenvalue weighted by Crippen LogP contribution is 2.36. The molecule has 0 aromatic heterocycles. The van der Waals surface area contributed by atoms with E-state index in [1.807, 2.05) is 0 Å². The molecule has 0 aromatic rings. The number of hydrogen-bond acceptors (Lipinski definition) is 3. The van der Waals surface area contributed by atoms with Crippen LogP contribution in [0.25, 0.3) is 0 Å². The molecule has 0 bridgehead atoms. The Hall–Kier alpha value is -0.610. The third-order valence-electron chi connectivity index (χ3n) is 4.40. The summed E-state index contributed by atoms with van der Waals surface area (Å²) in [4.78, 5) is 14.9. The lowest BCUT2D eigenvalue weighted by atomic mass is 9.78. The normalized spacial score (nSPS) is 26.3. The minimum absolute atomic E-state index is 0.275. The fourth-order valence-corrected chi connectivity index (χ4v) is 3.22. The minimum atomic E-state index is -0.277. The molecule has 2 aliphatic heterocycles. The molecule has 0 aromatic carbocycles. The van der Waals surface area contributed by atoms with Crippen LogP contribution in [0.15, 0.2) is 0 Å². The highest BCUT2D eigenvalue weighted by molar-refractivity contribution is 5.83. The van der Waals surface area contributed by atoms with Crippen LogP contribution in [0.3, 0.4) is 0 Å². The number of ether oxygens (including phenoxy) is 1. The summed E-state index contributed by atoms with van der Waals surface area (Å²) in [7, 11) is 1.70. The maximum Gasteiger partial charge on any atom is 0.231 e. The molecule has 1 N–H and O–H groups in total. The smallest absolute Gasteiger partial charge is 0.231 e. The first-order chi connectivity index (χ1) is 8.49. The highest BCUT2D eigenvalue weighted by atomic mass is 16.5. The lowest BCUT2D eigenvalue weighted by Gasteiger charge is -2.38. The molecule has 4 nitrogen and oxygen atoms in total. The molecule has 0 atom stereocenters. The van der Waals surface area contributed by atoms with Gasteiger partial charge >= 0.3 is 0 Å². The number of nitrogens with one attached hydrogen (secondary N) is 1. The Morgan fingerprint density at radius 3 is 2.44 bits per heavy atom. The SMILES string of the molecule is COCC1(C(=O)N2CCC(C)(C)C2)CCNCC1. The van der Waals surface area contributed by atoms with Gasteiger partial charge in [0.05, 0.1) is 12.0 Å². The second-order valence-electron chi connectivity index (χ2n) is 6.60. The van der Waals surface area contributed by atoms with Crippen LogP contribution in [0.5, 0.6) is 0 Å². The van der Waals surface area contributed by atoms with Gasteiger partial charge in [-0.1, -0.05) is 13.8 Å². The molecule has 0 radical (unpaired) electrons. The Kier molecular flexibility index (Phi) is 3.97. The van der Waals surface area contributed by atoms with E-state index in [1.54, 1.807) is 7.11 Å². The molecular formula is C14H26N2O2. The third kappa shape index (κ3) is 2.69. The van der Waals surface area contributed by atoms with E-state index >= 15 is 0 Å². The molecule has 0 saturated carbocycles. The summed E-state index contributed by atoms with van der Waals surface area (Å²) in [6.45, 7) is 8.69. The van der Waals surface area contributed by atoms with E-state index in [4.69, 9.17) is 4.74 Å². The zero-order valence-electron chi connectivity index (χ0n) is 11.9. The van der Waals surface area contributed by atoms with Gasteiger partial charge < -0.3 is 15.0 Å². The third-order valence-corrected chi connectivity index (χ3v) is 4.40. The molecule has 4 heteroatoms. The molecule has 104 valence electrons. The molecule has 0 unspecified atom stereocenters. The number of nitrogens with zero attached hydrogens (tertiary/aromatic N) is 1. The number of piperidine rings is 1. The van der Waals surface area contributed by atoms with E-state index in [9.17, 15) is 4.79 Å². The van der Waals surface area contributed by atoms with Crippen LogP contribution in [0.2, 0.25) is 0 Å². The summed E-state index contributed by atoms with van der Waals surface area (Å²) < 4.78 is 5.34. The van der Waals surface area contributed by atoms with Crippen molar-refractivity contribution in [3.05, 3.63) is 0 Å². The molecule has 18 heavy (non-hydrogen) atoms. The molecule has 0 aliphatic carbocycles. The fourth-order valence-electron chi connectivity index (χ4n) is 3.22. The van der Waals surface area contributed by atoms with E-state index in [0.29, 0.717) is 12.5 Å². The lowest BCUT2D eigenvalue weighted by Crippen LogP contribution is -2.51. The molecule has 2 saturated heterocycles. The zero-order chi connectivity index (χ0) is 13.2. The van der Waals surface area contributed by atoms with Gasteiger partial charge in [0.2, 0.25) is 5.91 Å². The van der Waals surface area contributed by atoms with Gasteiger partial charge in [0.25, 0.3) is 0 Å². The van der Waals surface area contributed by atoms with Crippen LogP contribution < -0.4 is 5.32 Å². The van der Waals surface area contributed by atoms with Crippen molar-refractivity contribution in [2.75, 3.05) is 39.9 Å². The number of hydrogen-bond donors (Lipinski definition) is 1. The van der Waals surface area contributed by atoms with Crippen molar-refractivity contribution in [3.8, 4) is 0 Å². The van der Waals surface area contributed by atoms with Crippen LogP contribution in [-0.4, -0.2) is 50.7 Å². The largest absolute Gasteiger partial charge is 0.384 e. The molecule has 2 fully saturated rings. The number of likely N-dealkylation sites (tertiary alicyclic amines) is 1. The summed E-state index contributed by atoms with van der Waals surface area (Å²) in [5, 5.41) is 3.33. The summed E-state index contributed by atoms with van der Waals surface area (Å²) in [6, 6.07) is 0.